The Hall–Kier alpha value is -3.21. The first-order valence-corrected chi connectivity index (χ1v) is 12.9. The van der Waals surface area contributed by atoms with Gasteiger partial charge in [-0.15, -0.1) is 22.7 Å². The van der Waals surface area contributed by atoms with E-state index in [1.165, 1.54) is 46.6 Å². The van der Waals surface area contributed by atoms with Gasteiger partial charge in [-0.1, -0.05) is 30.7 Å². The van der Waals surface area contributed by atoms with E-state index in [0.29, 0.717) is 21.1 Å². The Morgan fingerprint density at radius 2 is 1.91 bits per heavy atom. The Balaban J connectivity index is 1.37. The van der Waals surface area contributed by atoms with Crippen molar-refractivity contribution in [3.63, 3.8) is 0 Å². The van der Waals surface area contributed by atoms with Crippen LogP contribution in [0.5, 0.6) is 0 Å². The molecular formula is C26H22N4OS2. The lowest BCUT2D eigenvalue weighted by molar-refractivity contribution is 0.103. The quantitative estimate of drug-likeness (QED) is 0.346. The highest BCUT2D eigenvalue weighted by Crippen LogP contribution is 2.45. The third-order valence-corrected chi connectivity index (χ3v) is 9.00. The van der Waals surface area contributed by atoms with Gasteiger partial charge in [-0.2, -0.15) is 5.26 Å². The predicted octanol–water partition coefficient (Wildman–Crippen LogP) is 6.10. The maximum atomic E-state index is 13.3. The summed E-state index contributed by atoms with van der Waals surface area (Å²) in [6.07, 6.45) is 7.26. The molecule has 0 spiro atoms. The molecule has 3 N–H and O–H groups in total. The third kappa shape index (κ3) is 3.33. The van der Waals surface area contributed by atoms with Gasteiger partial charge in [-0.3, -0.25) is 4.79 Å². The molecule has 0 atom stereocenters. The zero-order valence-electron chi connectivity index (χ0n) is 18.0. The first-order valence-electron chi connectivity index (χ1n) is 11.3. The van der Waals surface area contributed by atoms with Crippen molar-refractivity contribution in [1.29, 1.82) is 5.26 Å². The first-order chi connectivity index (χ1) is 16.1. The van der Waals surface area contributed by atoms with E-state index in [1.807, 2.05) is 12.1 Å². The smallest absolute Gasteiger partial charge is 0.268 e. The van der Waals surface area contributed by atoms with E-state index in [9.17, 15) is 10.1 Å². The number of rotatable bonds is 2. The van der Waals surface area contributed by atoms with E-state index < -0.39 is 0 Å². The minimum Gasteiger partial charge on any atom is -0.397 e. The van der Waals surface area contributed by atoms with Gasteiger partial charge < -0.3 is 11.1 Å². The molecule has 33 heavy (non-hydrogen) atoms. The molecule has 6 rings (SSSR count). The molecule has 0 aliphatic heterocycles. The maximum absolute atomic E-state index is 13.3. The lowest BCUT2D eigenvalue weighted by atomic mass is 9.90. The zero-order valence-corrected chi connectivity index (χ0v) is 19.7. The molecule has 164 valence electrons. The van der Waals surface area contributed by atoms with Crippen molar-refractivity contribution in [2.24, 2.45) is 0 Å². The number of nitriles is 1. The van der Waals surface area contributed by atoms with Gasteiger partial charge in [0, 0.05) is 16.0 Å². The molecular weight excluding hydrogens is 448 g/mol. The monoisotopic (exact) mass is 470 g/mol. The van der Waals surface area contributed by atoms with Gasteiger partial charge in [0.25, 0.3) is 5.91 Å². The molecule has 4 aromatic rings. The van der Waals surface area contributed by atoms with E-state index in [-0.39, 0.29) is 5.91 Å². The number of aromatic nitrogens is 1. The Labute approximate surface area is 199 Å². The number of fused-ring (bicyclic) bond motifs is 5. The fraction of sp³-hybridized carbons (Fsp3) is 0.269. The van der Waals surface area contributed by atoms with Crippen LogP contribution in [-0.2, 0) is 25.7 Å². The summed E-state index contributed by atoms with van der Waals surface area (Å²) in [7, 11) is 0. The fourth-order valence-electron chi connectivity index (χ4n) is 5.01. The Bertz CT molecular complexity index is 1470. The van der Waals surface area contributed by atoms with E-state index >= 15 is 0 Å². The molecule has 0 saturated carbocycles. The van der Waals surface area contributed by atoms with Gasteiger partial charge in [-0.25, -0.2) is 4.98 Å². The van der Waals surface area contributed by atoms with E-state index in [4.69, 9.17) is 10.7 Å². The Kier molecular flexibility index (Phi) is 4.93. The van der Waals surface area contributed by atoms with Crippen molar-refractivity contribution in [3.05, 3.63) is 63.2 Å². The number of carbonyl (C=O) groups excluding carboxylic acids is 1. The van der Waals surface area contributed by atoms with Crippen LogP contribution in [0.1, 0.15) is 56.9 Å². The molecule has 0 saturated heterocycles. The number of anilines is 2. The summed E-state index contributed by atoms with van der Waals surface area (Å²) in [5.74, 6) is -0.269. The normalized spacial score (nSPS) is 14.6. The topological polar surface area (TPSA) is 91.8 Å². The average Bonchev–Trinajstić information content (AvgIpc) is 3.24. The Morgan fingerprint density at radius 1 is 1.06 bits per heavy atom. The number of carbonyl (C=O) groups is 1. The van der Waals surface area contributed by atoms with Crippen molar-refractivity contribution in [1.82, 2.24) is 4.98 Å². The van der Waals surface area contributed by atoms with Crippen LogP contribution in [0.25, 0.3) is 20.7 Å². The van der Waals surface area contributed by atoms with Gasteiger partial charge in [-0.05, 0) is 66.8 Å². The number of amides is 1. The minimum absolute atomic E-state index is 0.269. The summed E-state index contributed by atoms with van der Waals surface area (Å²) in [5.41, 5.74) is 13.4. The average molecular weight is 471 g/mol. The number of thiophene rings is 2. The largest absolute Gasteiger partial charge is 0.397 e. The second-order valence-corrected chi connectivity index (χ2v) is 10.7. The molecule has 3 heterocycles. The number of nitrogens with two attached hydrogens (primary N) is 1. The van der Waals surface area contributed by atoms with E-state index in [0.717, 1.165) is 64.0 Å². The van der Waals surface area contributed by atoms with Crippen LogP contribution >= 0.6 is 22.7 Å². The van der Waals surface area contributed by atoms with Crippen molar-refractivity contribution in [3.8, 4) is 16.5 Å². The number of pyridine rings is 1. The standard InChI is InChI=1S/C26H22N4OS2/c27-13-19-17-11-10-14-6-4-5-8-16(14)22(17)32-26(19)30-24(31)23-21(28)18-12-15-7-2-1-3-9-20(15)29-25(18)33-23/h4-6,8,12H,1-3,7,9-11,28H2,(H,30,31). The lowest BCUT2D eigenvalue weighted by Crippen LogP contribution is -2.12. The maximum Gasteiger partial charge on any atom is 0.268 e. The molecule has 0 unspecified atom stereocenters. The fourth-order valence-corrected chi connectivity index (χ4v) is 7.26. The molecule has 3 aromatic heterocycles. The van der Waals surface area contributed by atoms with Crippen LogP contribution in [0.4, 0.5) is 10.7 Å². The molecule has 1 amide bonds. The van der Waals surface area contributed by atoms with Crippen LogP contribution in [0.2, 0.25) is 0 Å². The Morgan fingerprint density at radius 3 is 2.79 bits per heavy atom. The summed E-state index contributed by atoms with van der Waals surface area (Å²) in [6.45, 7) is 0. The number of nitrogens with one attached hydrogen (secondary N) is 1. The van der Waals surface area contributed by atoms with Crippen LogP contribution in [0.3, 0.4) is 0 Å². The van der Waals surface area contributed by atoms with E-state index in [1.54, 1.807) is 0 Å². The van der Waals surface area contributed by atoms with Gasteiger partial charge in [0.2, 0.25) is 0 Å². The van der Waals surface area contributed by atoms with Crippen molar-refractivity contribution < 1.29 is 4.79 Å². The SMILES string of the molecule is N#Cc1c(NC(=O)c2sc3nc4c(cc3c2N)CCCCC4)sc2c1CCc1ccccc1-2. The number of aryl methyl sites for hydroxylation is 3. The van der Waals surface area contributed by atoms with Crippen LogP contribution in [0, 0.1) is 11.3 Å². The molecule has 2 aliphatic carbocycles. The third-order valence-electron chi connectivity index (χ3n) is 6.71. The summed E-state index contributed by atoms with van der Waals surface area (Å²) >= 11 is 2.82. The van der Waals surface area contributed by atoms with Crippen LogP contribution in [0.15, 0.2) is 30.3 Å². The molecule has 0 radical (unpaired) electrons. The van der Waals surface area contributed by atoms with E-state index in [2.05, 4.69) is 29.6 Å². The number of benzene rings is 1. The molecule has 0 bridgehead atoms. The van der Waals surface area contributed by atoms with Crippen molar-refractivity contribution >= 4 is 49.5 Å². The number of hydrogen-bond acceptors (Lipinski definition) is 6. The highest BCUT2D eigenvalue weighted by Gasteiger charge is 2.27. The molecule has 7 heteroatoms. The van der Waals surface area contributed by atoms with Crippen LogP contribution in [-0.4, -0.2) is 10.9 Å². The summed E-state index contributed by atoms with van der Waals surface area (Å²) in [4.78, 5) is 20.5. The van der Waals surface area contributed by atoms with Gasteiger partial charge in [0.15, 0.2) is 0 Å². The predicted molar refractivity (Wildman–Crippen MR) is 135 cm³/mol. The van der Waals surface area contributed by atoms with Crippen LogP contribution < -0.4 is 11.1 Å². The second kappa shape index (κ2) is 7.98. The zero-order chi connectivity index (χ0) is 22.5. The highest BCUT2D eigenvalue weighted by atomic mass is 32.1. The second-order valence-electron chi connectivity index (χ2n) is 8.69. The van der Waals surface area contributed by atoms with Crippen molar-refractivity contribution in [2.75, 3.05) is 11.1 Å². The van der Waals surface area contributed by atoms with Gasteiger partial charge in [0.05, 0.1) is 11.3 Å². The first kappa shape index (κ1) is 20.4. The molecule has 2 aliphatic rings. The molecule has 0 fully saturated rings. The number of nitrogens with zero attached hydrogens (tertiary/aromatic N) is 2. The number of hydrogen-bond donors (Lipinski definition) is 2. The summed E-state index contributed by atoms with van der Waals surface area (Å²) < 4.78 is 0. The van der Waals surface area contributed by atoms with Gasteiger partial charge >= 0.3 is 0 Å². The molecule has 5 nitrogen and oxygen atoms in total. The lowest BCUT2D eigenvalue weighted by Gasteiger charge is -2.15. The summed E-state index contributed by atoms with van der Waals surface area (Å²) in [6, 6.07) is 12.8. The number of nitrogen functional groups attached to an aromatic ring is 1. The van der Waals surface area contributed by atoms with Crippen molar-refractivity contribution in [2.45, 2.75) is 44.9 Å². The van der Waals surface area contributed by atoms with Gasteiger partial charge in [0.1, 0.15) is 20.8 Å². The summed E-state index contributed by atoms with van der Waals surface area (Å²) in [5, 5.41) is 14.4. The molecule has 1 aromatic carbocycles. The highest BCUT2D eigenvalue weighted by molar-refractivity contribution is 7.22. The minimum atomic E-state index is -0.269.